The van der Waals surface area contributed by atoms with Gasteiger partial charge in [0.05, 0.1) is 20.6 Å². The summed E-state index contributed by atoms with van der Waals surface area (Å²) in [5.74, 6) is 0. The van der Waals surface area contributed by atoms with Crippen LogP contribution in [0.3, 0.4) is 0 Å². The lowest BCUT2D eigenvalue weighted by Crippen LogP contribution is -2.32. The number of nitrogens with zero attached hydrogens (tertiary/aromatic N) is 2. The summed E-state index contributed by atoms with van der Waals surface area (Å²) in [4.78, 5) is 4.66. The SMILES string of the molecule is CCc1c2ccc3sc(C)nc3c2cc[n+]1C. The highest BCUT2D eigenvalue weighted by Crippen LogP contribution is 2.29. The lowest BCUT2D eigenvalue weighted by molar-refractivity contribution is -0.677. The van der Waals surface area contributed by atoms with Crippen molar-refractivity contribution >= 4 is 32.3 Å². The maximum Gasteiger partial charge on any atom is 0.188 e. The molecule has 0 aliphatic rings. The summed E-state index contributed by atoms with van der Waals surface area (Å²) < 4.78 is 3.49. The van der Waals surface area contributed by atoms with E-state index in [0.717, 1.165) is 16.9 Å². The van der Waals surface area contributed by atoms with Crippen molar-refractivity contribution in [3.05, 3.63) is 35.1 Å². The normalized spacial score (nSPS) is 11.5. The highest BCUT2D eigenvalue weighted by atomic mass is 32.1. The van der Waals surface area contributed by atoms with E-state index in [-0.39, 0.29) is 0 Å². The Morgan fingerprint density at radius 2 is 2.06 bits per heavy atom. The number of pyridine rings is 1. The third-order valence-electron chi connectivity index (χ3n) is 3.24. The fraction of sp³-hybridized carbons (Fsp3) is 0.286. The Kier molecular flexibility index (Phi) is 2.37. The van der Waals surface area contributed by atoms with E-state index < -0.39 is 0 Å². The van der Waals surface area contributed by atoms with E-state index >= 15 is 0 Å². The molecule has 17 heavy (non-hydrogen) atoms. The van der Waals surface area contributed by atoms with Crippen molar-refractivity contribution in [3.63, 3.8) is 0 Å². The second-order valence-electron chi connectivity index (χ2n) is 4.33. The van der Waals surface area contributed by atoms with Crippen LogP contribution in [0, 0.1) is 6.92 Å². The van der Waals surface area contributed by atoms with Crippen LogP contribution in [-0.2, 0) is 13.5 Å². The molecule has 0 saturated heterocycles. The van der Waals surface area contributed by atoms with Crippen molar-refractivity contribution in [2.24, 2.45) is 7.05 Å². The molecule has 0 radical (unpaired) electrons. The molecule has 3 rings (SSSR count). The Morgan fingerprint density at radius 3 is 2.82 bits per heavy atom. The third-order valence-corrected chi connectivity index (χ3v) is 4.18. The van der Waals surface area contributed by atoms with Crippen molar-refractivity contribution in [1.82, 2.24) is 4.98 Å². The second-order valence-corrected chi connectivity index (χ2v) is 5.57. The number of hydrogen-bond donors (Lipinski definition) is 0. The molecule has 0 atom stereocenters. The summed E-state index contributed by atoms with van der Waals surface area (Å²) in [6.45, 7) is 4.27. The zero-order valence-electron chi connectivity index (χ0n) is 10.3. The fourth-order valence-corrected chi connectivity index (χ4v) is 3.30. The Bertz CT molecular complexity index is 713. The van der Waals surface area contributed by atoms with Gasteiger partial charge < -0.3 is 0 Å². The number of aryl methyl sites for hydroxylation is 3. The van der Waals surface area contributed by atoms with Gasteiger partial charge >= 0.3 is 0 Å². The minimum Gasteiger partial charge on any atom is -0.241 e. The molecular weight excluding hydrogens is 228 g/mol. The first-order valence-corrected chi connectivity index (χ1v) is 6.69. The molecule has 2 heterocycles. The standard InChI is InChI=1S/C14H15N2S/c1-4-12-10-5-6-13-14(15-9(2)17-13)11(10)7-8-16(12)3/h5-8H,4H2,1-3H3/q+1. The van der Waals surface area contributed by atoms with E-state index in [2.05, 4.69) is 54.8 Å². The van der Waals surface area contributed by atoms with Gasteiger partial charge in [0.1, 0.15) is 7.05 Å². The first-order chi connectivity index (χ1) is 8.20. The van der Waals surface area contributed by atoms with Gasteiger partial charge in [-0.2, -0.15) is 0 Å². The average molecular weight is 243 g/mol. The molecule has 0 aliphatic carbocycles. The number of thiazole rings is 1. The highest BCUT2D eigenvalue weighted by molar-refractivity contribution is 7.18. The van der Waals surface area contributed by atoms with Crippen LogP contribution < -0.4 is 4.57 Å². The Labute approximate surface area is 105 Å². The molecule has 0 amide bonds. The molecule has 2 nitrogen and oxygen atoms in total. The molecule has 3 heteroatoms. The number of aromatic nitrogens is 2. The van der Waals surface area contributed by atoms with Crippen LogP contribution in [-0.4, -0.2) is 4.98 Å². The van der Waals surface area contributed by atoms with Crippen LogP contribution in [0.5, 0.6) is 0 Å². The predicted molar refractivity (Wildman–Crippen MR) is 72.4 cm³/mol. The monoisotopic (exact) mass is 243 g/mol. The van der Waals surface area contributed by atoms with Crippen molar-refractivity contribution in [2.75, 3.05) is 0 Å². The number of hydrogen-bond acceptors (Lipinski definition) is 2. The van der Waals surface area contributed by atoms with Gasteiger partial charge in [0, 0.05) is 17.9 Å². The zero-order chi connectivity index (χ0) is 12.0. The minimum atomic E-state index is 1.04. The van der Waals surface area contributed by atoms with E-state index in [1.54, 1.807) is 11.3 Å². The van der Waals surface area contributed by atoms with Crippen LogP contribution in [0.25, 0.3) is 21.0 Å². The molecular formula is C14H15N2S+. The van der Waals surface area contributed by atoms with Gasteiger partial charge in [-0.15, -0.1) is 11.3 Å². The van der Waals surface area contributed by atoms with Crippen molar-refractivity contribution in [1.29, 1.82) is 0 Å². The van der Waals surface area contributed by atoms with Gasteiger partial charge in [-0.05, 0) is 19.1 Å². The van der Waals surface area contributed by atoms with Gasteiger partial charge in [0.15, 0.2) is 11.9 Å². The van der Waals surface area contributed by atoms with Crippen LogP contribution >= 0.6 is 11.3 Å². The van der Waals surface area contributed by atoms with Crippen LogP contribution in [0.2, 0.25) is 0 Å². The average Bonchev–Trinajstić information content (AvgIpc) is 2.69. The number of rotatable bonds is 1. The summed E-state index contributed by atoms with van der Waals surface area (Å²) in [7, 11) is 2.11. The van der Waals surface area contributed by atoms with Gasteiger partial charge in [0.2, 0.25) is 0 Å². The van der Waals surface area contributed by atoms with Crippen molar-refractivity contribution < 1.29 is 4.57 Å². The molecule has 1 aromatic carbocycles. The van der Waals surface area contributed by atoms with Gasteiger partial charge in [-0.25, -0.2) is 9.55 Å². The zero-order valence-corrected chi connectivity index (χ0v) is 11.1. The van der Waals surface area contributed by atoms with E-state index in [1.165, 1.54) is 21.2 Å². The lowest BCUT2D eigenvalue weighted by Gasteiger charge is -2.02. The predicted octanol–water partition coefficient (Wildman–Crippen LogP) is 3.14. The quantitative estimate of drug-likeness (QED) is 0.600. The van der Waals surface area contributed by atoms with E-state index in [1.807, 2.05) is 0 Å². The van der Waals surface area contributed by atoms with Gasteiger partial charge in [-0.1, -0.05) is 6.92 Å². The van der Waals surface area contributed by atoms with Gasteiger partial charge in [0.25, 0.3) is 0 Å². The van der Waals surface area contributed by atoms with Crippen molar-refractivity contribution in [3.8, 4) is 0 Å². The van der Waals surface area contributed by atoms with Crippen LogP contribution in [0.4, 0.5) is 0 Å². The van der Waals surface area contributed by atoms with Crippen molar-refractivity contribution in [2.45, 2.75) is 20.3 Å². The minimum absolute atomic E-state index is 1.04. The van der Waals surface area contributed by atoms with Gasteiger partial charge in [-0.3, -0.25) is 0 Å². The highest BCUT2D eigenvalue weighted by Gasteiger charge is 2.13. The Balaban J connectivity index is 2.51. The maximum absolute atomic E-state index is 4.66. The van der Waals surface area contributed by atoms with E-state index in [9.17, 15) is 0 Å². The molecule has 0 N–H and O–H groups in total. The molecule has 0 aliphatic heterocycles. The Hall–Kier alpha value is -1.48. The number of fused-ring (bicyclic) bond motifs is 3. The molecule has 0 bridgehead atoms. The maximum atomic E-state index is 4.66. The Morgan fingerprint density at radius 1 is 1.24 bits per heavy atom. The molecule has 0 spiro atoms. The number of benzene rings is 1. The summed E-state index contributed by atoms with van der Waals surface area (Å²) >= 11 is 1.77. The summed E-state index contributed by atoms with van der Waals surface area (Å²) in [5.41, 5.74) is 2.52. The van der Waals surface area contributed by atoms with Crippen LogP contribution in [0.15, 0.2) is 24.4 Å². The molecule has 3 aromatic rings. The summed E-state index contributed by atoms with van der Waals surface area (Å²) in [6.07, 6.45) is 3.18. The van der Waals surface area contributed by atoms with Crippen LogP contribution in [0.1, 0.15) is 17.6 Å². The summed E-state index contributed by atoms with van der Waals surface area (Å²) in [5, 5.41) is 3.75. The molecule has 2 aromatic heterocycles. The van der Waals surface area contributed by atoms with E-state index in [4.69, 9.17) is 0 Å². The topological polar surface area (TPSA) is 16.8 Å². The first-order valence-electron chi connectivity index (χ1n) is 5.88. The first kappa shape index (κ1) is 10.7. The second kappa shape index (κ2) is 3.77. The molecule has 0 unspecified atom stereocenters. The molecule has 86 valence electrons. The largest absolute Gasteiger partial charge is 0.241 e. The van der Waals surface area contributed by atoms with E-state index in [0.29, 0.717) is 0 Å². The third kappa shape index (κ3) is 1.53. The molecule has 0 fully saturated rings. The fourth-order valence-electron chi connectivity index (χ4n) is 2.45. The molecule has 0 saturated carbocycles. The lowest BCUT2D eigenvalue weighted by atomic mass is 10.1. The summed E-state index contributed by atoms with van der Waals surface area (Å²) in [6, 6.07) is 6.60. The smallest absolute Gasteiger partial charge is 0.188 e.